The molecule has 3 rings (SSSR count). The van der Waals surface area contributed by atoms with Crippen molar-refractivity contribution >= 4 is 46.2 Å². The van der Waals surface area contributed by atoms with Gasteiger partial charge < -0.3 is 19.9 Å². The molecule has 10 nitrogen and oxygen atoms in total. The Kier molecular flexibility index (Phi) is 3.10. The molecule has 0 aliphatic carbocycles. The van der Waals surface area contributed by atoms with Gasteiger partial charge in [0, 0.05) is 11.4 Å². The second kappa shape index (κ2) is 4.96. The second-order valence-corrected chi connectivity index (χ2v) is 4.72. The van der Waals surface area contributed by atoms with Gasteiger partial charge in [-0.3, -0.25) is 4.79 Å². The summed E-state index contributed by atoms with van der Waals surface area (Å²) in [5.74, 6) is -2.66. The number of carbonyl (C=O) groups is 3. The third kappa shape index (κ3) is 2.18. The molecule has 22 heavy (non-hydrogen) atoms. The molecule has 0 aliphatic rings. The van der Waals surface area contributed by atoms with Crippen molar-refractivity contribution in [3.63, 3.8) is 0 Å². The van der Waals surface area contributed by atoms with E-state index in [0.717, 1.165) is 6.07 Å². The predicted molar refractivity (Wildman–Crippen MR) is 72.4 cm³/mol. The molecule has 0 saturated heterocycles. The van der Waals surface area contributed by atoms with Gasteiger partial charge in [0.1, 0.15) is 11.2 Å². The molecule has 0 aromatic carbocycles. The summed E-state index contributed by atoms with van der Waals surface area (Å²) in [5, 5.41) is 25.4. The van der Waals surface area contributed by atoms with E-state index in [1.54, 1.807) is 0 Å². The van der Waals surface area contributed by atoms with Crippen LogP contribution >= 0.6 is 11.3 Å². The number of aromatic carboxylic acids is 1. The lowest BCUT2D eigenvalue weighted by atomic mass is 10.4. The fourth-order valence-corrected chi connectivity index (χ4v) is 2.27. The molecule has 0 saturated carbocycles. The van der Waals surface area contributed by atoms with Gasteiger partial charge >= 0.3 is 12.1 Å². The van der Waals surface area contributed by atoms with Crippen molar-refractivity contribution in [1.29, 1.82) is 0 Å². The van der Waals surface area contributed by atoms with Crippen LogP contribution in [0.1, 0.15) is 21.0 Å². The van der Waals surface area contributed by atoms with Crippen molar-refractivity contribution in [1.82, 2.24) is 14.8 Å². The van der Waals surface area contributed by atoms with Crippen LogP contribution in [-0.2, 0) is 0 Å². The first-order chi connectivity index (χ1) is 10.5. The first-order valence-corrected chi connectivity index (χ1v) is 6.60. The van der Waals surface area contributed by atoms with Gasteiger partial charge in [-0.25, -0.2) is 14.6 Å². The molecule has 0 atom stereocenters. The summed E-state index contributed by atoms with van der Waals surface area (Å²) < 4.78 is 5.55. The van der Waals surface area contributed by atoms with E-state index in [2.05, 4.69) is 15.4 Å². The van der Waals surface area contributed by atoms with Crippen molar-refractivity contribution < 1.29 is 29.0 Å². The van der Waals surface area contributed by atoms with Crippen LogP contribution in [0.2, 0.25) is 0 Å². The Morgan fingerprint density at radius 2 is 2.09 bits per heavy atom. The van der Waals surface area contributed by atoms with Gasteiger partial charge in [-0.2, -0.15) is 4.68 Å². The van der Waals surface area contributed by atoms with Crippen LogP contribution in [0.3, 0.4) is 0 Å². The van der Waals surface area contributed by atoms with Crippen LogP contribution in [0.15, 0.2) is 21.4 Å². The Bertz CT molecular complexity index is 893. The second-order valence-electron chi connectivity index (χ2n) is 4.00. The summed E-state index contributed by atoms with van der Waals surface area (Å²) >= 11 is 1.21. The highest BCUT2D eigenvalue weighted by Gasteiger charge is 2.24. The summed E-state index contributed by atoms with van der Waals surface area (Å²) in [7, 11) is 0. The largest absolute Gasteiger partial charge is 0.475 e. The molecule has 0 radical (unpaired) electrons. The van der Waals surface area contributed by atoms with E-state index >= 15 is 0 Å². The Hall–Kier alpha value is -3.21. The van der Waals surface area contributed by atoms with Gasteiger partial charge in [0.25, 0.3) is 5.91 Å². The Balaban J connectivity index is 2.07. The fourth-order valence-electron chi connectivity index (χ4n) is 1.74. The molecule has 3 N–H and O–H groups in total. The number of carboxylic acids is 1. The van der Waals surface area contributed by atoms with Crippen molar-refractivity contribution in [2.45, 2.75) is 0 Å². The van der Waals surface area contributed by atoms with Gasteiger partial charge in [-0.15, -0.1) is 16.4 Å². The zero-order valence-corrected chi connectivity index (χ0v) is 11.3. The van der Waals surface area contributed by atoms with Crippen LogP contribution in [-0.4, -0.2) is 42.9 Å². The van der Waals surface area contributed by atoms with Crippen LogP contribution in [0, 0.1) is 0 Å². The van der Waals surface area contributed by atoms with E-state index in [0.29, 0.717) is 4.68 Å². The Morgan fingerprint density at radius 3 is 2.68 bits per heavy atom. The summed E-state index contributed by atoms with van der Waals surface area (Å²) in [5.41, 5.74) is 1.34. The van der Waals surface area contributed by atoms with Crippen molar-refractivity contribution in [3.05, 3.63) is 28.4 Å². The third-order valence-corrected chi connectivity index (χ3v) is 3.23. The number of amides is 1. The maximum absolute atomic E-state index is 11.9. The number of aromatic nitrogens is 3. The highest BCUT2D eigenvalue weighted by atomic mass is 32.1. The topological polar surface area (TPSA) is 148 Å². The summed E-state index contributed by atoms with van der Waals surface area (Å²) in [6.07, 6.45) is -1.45. The standard InChI is InChI=1S/C11H6N4O6S/c16-9(4-2-22-3-12-4)13-8-7-5(15(14-8)11(19)20)1-6(21-7)10(17)18/h1-3H,(H,17,18)(H,19,20)(H,13,14,16). The summed E-state index contributed by atoms with van der Waals surface area (Å²) in [4.78, 5) is 37.7. The van der Waals surface area contributed by atoms with Crippen LogP contribution in [0.5, 0.6) is 0 Å². The van der Waals surface area contributed by atoms with Crippen LogP contribution in [0.4, 0.5) is 10.6 Å². The molecule has 1 amide bonds. The number of nitrogens with one attached hydrogen (secondary N) is 1. The van der Waals surface area contributed by atoms with Gasteiger partial charge in [0.05, 0.1) is 5.51 Å². The van der Waals surface area contributed by atoms with E-state index in [1.807, 2.05) is 0 Å². The van der Waals surface area contributed by atoms with Gasteiger partial charge in [-0.05, 0) is 0 Å². The summed E-state index contributed by atoms with van der Waals surface area (Å²) in [6, 6.07) is 1.01. The average molecular weight is 322 g/mol. The van der Waals surface area contributed by atoms with E-state index in [1.165, 1.54) is 22.2 Å². The van der Waals surface area contributed by atoms with E-state index in [-0.39, 0.29) is 22.6 Å². The number of carboxylic acid groups (broad SMARTS) is 2. The molecule has 3 aromatic heterocycles. The first-order valence-electron chi connectivity index (χ1n) is 5.66. The molecule has 3 aromatic rings. The average Bonchev–Trinajstić information content (AvgIpc) is 3.15. The molecule has 0 fully saturated rings. The Labute approximate surface area is 124 Å². The molecule has 0 aliphatic heterocycles. The van der Waals surface area contributed by atoms with Crippen LogP contribution in [0.25, 0.3) is 11.1 Å². The highest BCUT2D eigenvalue weighted by molar-refractivity contribution is 7.07. The number of furan rings is 1. The zero-order valence-electron chi connectivity index (χ0n) is 10.5. The number of anilines is 1. The fraction of sp³-hybridized carbons (Fsp3) is 0. The maximum atomic E-state index is 11.9. The third-order valence-electron chi connectivity index (χ3n) is 2.64. The molecular weight excluding hydrogens is 316 g/mol. The number of carbonyl (C=O) groups excluding carboxylic acids is 1. The van der Waals surface area contributed by atoms with E-state index < -0.39 is 23.7 Å². The maximum Gasteiger partial charge on any atom is 0.432 e. The number of hydrogen-bond donors (Lipinski definition) is 3. The van der Waals surface area contributed by atoms with E-state index in [4.69, 9.17) is 14.6 Å². The predicted octanol–water partition coefficient (Wildman–Crippen LogP) is 1.56. The molecule has 0 unspecified atom stereocenters. The quantitative estimate of drug-likeness (QED) is 0.658. The molecule has 0 spiro atoms. The summed E-state index contributed by atoms with van der Waals surface area (Å²) in [6.45, 7) is 0. The smallest absolute Gasteiger partial charge is 0.432 e. The zero-order chi connectivity index (χ0) is 15.9. The van der Waals surface area contributed by atoms with E-state index in [9.17, 15) is 14.4 Å². The van der Waals surface area contributed by atoms with Gasteiger partial charge in [0.2, 0.25) is 5.76 Å². The van der Waals surface area contributed by atoms with Gasteiger partial charge in [-0.1, -0.05) is 0 Å². The highest BCUT2D eigenvalue weighted by Crippen LogP contribution is 2.27. The van der Waals surface area contributed by atoms with Crippen molar-refractivity contribution in [2.75, 3.05) is 5.32 Å². The lowest BCUT2D eigenvalue weighted by molar-refractivity contribution is 0.0665. The minimum Gasteiger partial charge on any atom is -0.475 e. The molecule has 3 heterocycles. The lowest BCUT2D eigenvalue weighted by Crippen LogP contribution is -2.14. The minimum absolute atomic E-state index is 0.0847. The number of hydrogen-bond acceptors (Lipinski definition) is 7. The molecular formula is C11H6N4O6S. The van der Waals surface area contributed by atoms with Crippen molar-refractivity contribution in [3.8, 4) is 0 Å². The lowest BCUT2D eigenvalue weighted by Gasteiger charge is -1.98. The normalized spacial score (nSPS) is 10.7. The van der Waals surface area contributed by atoms with Gasteiger partial charge in [0.15, 0.2) is 11.4 Å². The molecule has 11 heteroatoms. The number of nitrogens with zero attached hydrogens (tertiary/aromatic N) is 3. The van der Waals surface area contributed by atoms with Crippen molar-refractivity contribution in [2.24, 2.45) is 0 Å². The number of thiazole rings is 1. The Morgan fingerprint density at radius 1 is 1.32 bits per heavy atom. The minimum atomic E-state index is -1.45. The molecule has 0 bridgehead atoms. The van der Waals surface area contributed by atoms with Crippen LogP contribution < -0.4 is 5.32 Å². The SMILES string of the molecule is O=C(Nc1nn(C(=O)O)c2cc(C(=O)O)oc12)c1cscn1. The molecule has 112 valence electrons. The monoisotopic (exact) mass is 322 g/mol. The number of rotatable bonds is 3. The first kappa shape index (κ1) is 13.8. The number of fused-ring (bicyclic) bond motifs is 1.